The van der Waals surface area contributed by atoms with Crippen molar-refractivity contribution in [2.24, 2.45) is 0 Å². The van der Waals surface area contributed by atoms with Crippen LogP contribution in [0.25, 0.3) is 87.7 Å². The minimum Gasteiger partial charge on any atom is -0.248 e. The van der Waals surface area contributed by atoms with Gasteiger partial charge in [0, 0.05) is 43.4 Å². The first kappa shape index (κ1) is 23.1. The fourth-order valence-electron chi connectivity index (χ4n) is 6.51. The maximum absolute atomic E-state index is 5.16. The van der Waals surface area contributed by atoms with Crippen molar-refractivity contribution in [3.8, 4) is 22.3 Å². The molecule has 3 nitrogen and oxygen atoms in total. The van der Waals surface area contributed by atoms with Crippen LogP contribution in [0.4, 0.5) is 0 Å². The third-order valence-corrected chi connectivity index (χ3v) is 8.38. The third kappa shape index (κ3) is 3.44. The van der Waals surface area contributed by atoms with Gasteiger partial charge in [0.1, 0.15) is 0 Å². The number of para-hydroxylation sites is 4. The number of rotatable bonds is 2. The molecule has 3 heteroatoms. The van der Waals surface area contributed by atoms with Crippen molar-refractivity contribution in [2.45, 2.75) is 0 Å². The summed E-state index contributed by atoms with van der Waals surface area (Å²) >= 11 is 0. The molecular formula is C39H23N3. The Kier molecular flexibility index (Phi) is 4.90. The van der Waals surface area contributed by atoms with Gasteiger partial charge in [-0.05, 0) is 59.7 Å². The molecule has 42 heavy (non-hydrogen) atoms. The van der Waals surface area contributed by atoms with Gasteiger partial charge in [-0.2, -0.15) is 0 Å². The highest BCUT2D eigenvalue weighted by molar-refractivity contribution is 6.16. The van der Waals surface area contributed by atoms with Crippen molar-refractivity contribution in [3.63, 3.8) is 0 Å². The van der Waals surface area contributed by atoms with Crippen LogP contribution < -0.4 is 0 Å². The van der Waals surface area contributed by atoms with Crippen molar-refractivity contribution in [2.75, 3.05) is 0 Å². The number of nitrogens with zero attached hydrogens (tertiary/aromatic N) is 3. The molecule has 0 bridgehead atoms. The van der Waals surface area contributed by atoms with Crippen LogP contribution in [-0.2, 0) is 0 Å². The molecule has 6 aromatic carbocycles. The Balaban J connectivity index is 1.35. The molecule has 0 N–H and O–H groups in total. The van der Waals surface area contributed by atoms with Crippen molar-refractivity contribution in [3.05, 3.63) is 140 Å². The van der Waals surface area contributed by atoms with Gasteiger partial charge in [-0.15, -0.1) is 0 Å². The Labute approximate surface area is 241 Å². The molecule has 0 aliphatic carbocycles. The number of fused-ring (bicyclic) bond motifs is 6. The van der Waals surface area contributed by atoms with E-state index in [1.165, 1.54) is 16.7 Å². The van der Waals surface area contributed by atoms with Gasteiger partial charge in [-0.3, -0.25) is 0 Å². The number of pyridine rings is 3. The van der Waals surface area contributed by atoms with E-state index in [-0.39, 0.29) is 0 Å². The van der Waals surface area contributed by atoms with Gasteiger partial charge in [0.05, 0.1) is 33.1 Å². The van der Waals surface area contributed by atoms with Crippen molar-refractivity contribution < 1.29 is 0 Å². The van der Waals surface area contributed by atoms with E-state index in [9.17, 15) is 0 Å². The summed E-state index contributed by atoms with van der Waals surface area (Å²) in [6, 6.07) is 49.1. The first-order valence-corrected chi connectivity index (χ1v) is 14.2. The molecule has 9 rings (SSSR count). The summed E-state index contributed by atoms with van der Waals surface area (Å²) in [6.45, 7) is 0. The Hall–Kier alpha value is -5.67. The van der Waals surface area contributed by atoms with Crippen LogP contribution in [0.5, 0.6) is 0 Å². The van der Waals surface area contributed by atoms with Crippen molar-refractivity contribution >= 4 is 65.4 Å². The summed E-state index contributed by atoms with van der Waals surface area (Å²) in [7, 11) is 0. The molecular weight excluding hydrogens is 510 g/mol. The number of hydrogen-bond donors (Lipinski definition) is 0. The molecule has 0 amide bonds. The SMILES string of the molecule is c1cc(-c2c3ccccc3nc3ccccc23)c2cc3cc(-c4c5ccccc5nc5ccccc45)ccc3nc2c1. The van der Waals surface area contributed by atoms with E-state index < -0.39 is 0 Å². The average Bonchev–Trinajstić information content (AvgIpc) is 3.04. The molecule has 3 heterocycles. The van der Waals surface area contributed by atoms with Gasteiger partial charge < -0.3 is 0 Å². The lowest BCUT2D eigenvalue weighted by Gasteiger charge is -2.15. The third-order valence-electron chi connectivity index (χ3n) is 8.38. The predicted molar refractivity (Wildman–Crippen MR) is 176 cm³/mol. The highest BCUT2D eigenvalue weighted by Gasteiger charge is 2.16. The smallest absolute Gasteiger partial charge is 0.0715 e. The summed E-state index contributed by atoms with van der Waals surface area (Å²) < 4.78 is 0. The van der Waals surface area contributed by atoms with Gasteiger partial charge in [-0.1, -0.05) is 91.0 Å². The van der Waals surface area contributed by atoms with Crippen LogP contribution in [0.3, 0.4) is 0 Å². The Morgan fingerprint density at radius 1 is 0.310 bits per heavy atom. The van der Waals surface area contributed by atoms with Crippen molar-refractivity contribution in [1.29, 1.82) is 0 Å². The van der Waals surface area contributed by atoms with Crippen LogP contribution in [0, 0.1) is 0 Å². The average molecular weight is 534 g/mol. The van der Waals surface area contributed by atoms with Crippen molar-refractivity contribution in [1.82, 2.24) is 15.0 Å². The van der Waals surface area contributed by atoms with Gasteiger partial charge >= 0.3 is 0 Å². The lowest BCUT2D eigenvalue weighted by molar-refractivity contribution is 1.48. The summed E-state index contributed by atoms with van der Waals surface area (Å²) in [5.74, 6) is 0. The van der Waals surface area contributed by atoms with E-state index in [2.05, 4.69) is 140 Å². The quantitative estimate of drug-likeness (QED) is 0.208. The van der Waals surface area contributed by atoms with Crippen LogP contribution in [0.15, 0.2) is 140 Å². The van der Waals surface area contributed by atoms with E-state index >= 15 is 0 Å². The molecule has 0 saturated carbocycles. The molecule has 3 aromatic heterocycles. The monoisotopic (exact) mass is 533 g/mol. The summed E-state index contributed by atoms with van der Waals surface area (Å²) in [5, 5.41) is 6.84. The largest absolute Gasteiger partial charge is 0.248 e. The normalized spacial score (nSPS) is 11.8. The molecule has 9 aromatic rings. The van der Waals surface area contributed by atoms with E-state index in [4.69, 9.17) is 15.0 Å². The molecule has 0 radical (unpaired) electrons. The molecule has 0 fully saturated rings. The lowest BCUT2D eigenvalue weighted by atomic mass is 9.92. The van der Waals surface area contributed by atoms with Crippen LogP contribution in [0.2, 0.25) is 0 Å². The predicted octanol–water partition coefficient (Wildman–Crippen LogP) is 10.1. The summed E-state index contributed by atoms with van der Waals surface area (Å²) in [5.41, 5.74) is 10.7. The molecule has 0 atom stereocenters. The van der Waals surface area contributed by atoms with Crippen LogP contribution >= 0.6 is 0 Å². The summed E-state index contributed by atoms with van der Waals surface area (Å²) in [4.78, 5) is 15.1. The molecule has 0 saturated heterocycles. The van der Waals surface area contributed by atoms with Gasteiger partial charge in [0.2, 0.25) is 0 Å². The zero-order chi connectivity index (χ0) is 27.6. The standard InChI is InChI=1S/C39H23N3/c1-5-15-33-27(10-1)38(28-11-2-6-16-34(28)41-33)24-20-21-32-25(22-24)23-31-26(14-9-19-37(31)40-32)39-29-12-3-7-17-35(29)42-36-18-8-4-13-30(36)39/h1-23H. The second kappa shape index (κ2) is 8.92. The Bertz CT molecular complexity index is 2420. The number of benzene rings is 6. The maximum Gasteiger partial charge on any atom is 0.0715 e. The molecule has 0 unspecified atom stereocenters. The first-order chi connectivity index (χ1) is 20.8. The zero-order valence-electron chi connectivity index (χ0n) is 22.6. The summed E-state index contributed by atoms with van der Waals surface area (Å²) in [6.07, 6.45) is 0. The first-order valence-electron chi connectivity index (χ1n) is 14.2. The molecule has 0 aliphatic rings. The topological polar surface area (TPSA) is 38.7 Å². The minimum absolute atomic E-state index is 0.982. The van der Waals surface area contributed by atoms with Crippen LogP contribution in [0.1, 0.15) is 0 Å². The van der Waals surface area contributed by atoms with Crippen LogP contribution in [-0.4, -0.2) is 15.0 Å². The van der Waals surface area contributed by atoms with E-state index in [1.54, 1.807) is 0 Å². The van der Waals surface area contributed by atoms with Gasteiger partial charge in [-0.25, -0.2) is 15.0 Å². The molecule has 194 valence electrons. The van der Waals surface area contributed by atoms with E-state index in [0.717, 1.165) is 71.0 Å². The minimum atomic E-state index is 0.982. The Morgan fingerprint density at radius 3 is 1.33 bits per heavy atom. The van der Waals surface area contributed by atoms with E-state index in [1.807, 2.05) is 0 Å². The number of aromatic nitrogens is 3. The zero-order valence-corrected chi connectivity index (χ0v) is 22.6. The highest BCUT2D eigenvalue weighted by atomic mass is 14.7. The second-order valence-corrected chi connectivity index (χ2v) is 10.8. The fraction of sp³-hybridized carbons (Fsp3) is 0. The van der Waals surface area contributed by atoms with Gasteiger partial charge in [0.25, 0.3) is 0 Å². The molecule has 0 aliphatic heterocycles. The number of hydrogen-bond acceptors (Lipinski definition) is 3. The highest BCUT2D eigenvalue weighted by Crippen LogP contribution is 2.40. The second-order valence-electron chi connectivity index (χ2n) is 10.8. The fourth-order valence-corrected chi connectivity index (χ4v) is 6.51. The molecule has 0 spiro atoms. The maximum atomic E-state index is 5.16. The van der Waals surface area contributed by atoms with Gasteiger partial charge in [0.15, 0.2) is 0 Å². The lowest BCUT2D eigenvalue weighted by Crippen LogP contribution is -1.92. The Morgan fingerprint density at radius 2 is 0.762 bits per heavy atom. The van der Waals surface area contributed by atoms with E-state index in [0.29, 0.717) is 0 Å².